The van der Waals surface area contributed by atoms with E-state index < -0.39 is 11.9 Å². The number of piperidine rings is 1. The van der Waals surface area contributed by atoms with Gasteiger partial charge >= 0.3 is 5.97 Å². The Bertz CT molecular complexity index is 848. The second kappa shape index (κ2) is 8.60. The second-order valence-electron chi connectivity index (χ2n) is 7.06. The number of carbonyl (C=O) groups excluding carboxylic acids is 3. The molecule has 1 saturated heterocycles. The van der Waals surface area contributed by atoms with Crippen LogP contribution in [0.5, 0.6) is 0 Å². The maximum atomic E-state index is 12.5. The Morgan fingerprint density at radius 3 is 2.64 bits per heavy atom. The summed E-state index contributed by atoms with van der Waals surface area (Å²) in [5.74, 6) is -0.944. The lowest BCUT2D eigenvalue weighted by atomic mass is 9.97. The van der Waals surface area contributed by atoms with Gasteiger partial charge in [0.2, 0.25) is 0 Å². The van der Waals surface area contributed by atoms with Crippen molar-refractivity contribution >= 4 is 34.1 Å². The molecule has 2 unspecified atom stereocenters. The van der Waals surface area contributed by atoms with Gasteiger partial charge in [0, 0.05) is 12.1 Å². The van der Waals surface area contributed by atoms with E-state index in [4.69, 9.17) is 9.15 Å². The van der Waals surface area contributed by atoms with Crippen LogP contribution in [0.2, 0.25) is 0 Å². The molecule has 1 aliphatic heterocycles. The molecule has 3 rings (SSSR count). The van der Waals surface area contributed by atoms with Gasteiger partial charge in [-0.1, -0.05) is 0 Å². The number of rotatable bonds is 5. The van der Waals surface area contributed by atoms with Crippen molar-refractivity contribution in [2.24, 2.45) is 0 Å². The minimum atomic E-state index is -0.563. The number of anilines is 1. The Labute approximate surface area is 167 Å². The van der Waals surface area contributed by atoms with Crippen molar-refractivity contribution in [1.82, 2.24) is 4.90 Å². The summed E-state index contributed by atoms with van der Waals surface area (Å²) in [5, 5.41) is 3.20. The highest BCUT2D eigenvalue weighted by Crippen LogP contribution is 2.28. The van der Waals surface area contributed by atoms with Crippen LogP contribution in [-0.4, -0.2) is 41.4 Å². The predicted octanol–water partition coefficient (Wildman–Crippen LogP) is 3.85. The minimum Gasteiger partial charge on any atom is -0.459 e. The largest absolute Gasteiger partial charge is 0.459 e. The topological polar surface area (TPSA) is 88.9 Å². The fourth-order valence-electron chi connectivity index (χ4n) is 3.51. The number of ether oxygens (including phenoxy) is 1. The number of esters is 1. The quantitative estimate of drug-likeness (QED) is 0.765. The Hall–Kier alpha value is -2.61. The van der Waals surface area contributed by atoms with E-state index in [1.165, 1.54) is 6.26 Å². The molecule has 2 aromatic rings. The summed E-state index contributed by atoms with van der Waals surface area (Å²) in [7, 11) is 0. The monoisotopic (exact) mass is 404 g/mol. The number of hydrogen-bond donors (Lipinski definition) is 1. The fraction of sp³-hybridized carbons (Fsp3) is 0.450. The normalized spacial score (nSPS) is 19.3. The highest BCUT2D eigenvalue weighted by molar-refractivity contribution is 7.18. The van der Waals surface area contributed by atoms with Crippen LogP contribution in [0, 0.1) is 6.92 Å². The fourth-order valence-corrected chi connectivity index (χ4v) is 4.47. The lowest BCUT2D eigenvalue weighted by molar-refractivity contribution is -0.140. The van der Waals surface area contributed by atoms with E-state index in [-0.39, 0.29) is 30.4 Å². The molecule has 8 heteroatoms. The summed E-state index contributed by atoms with van der Waals surface area (Å²) >= 11 is 1.11. The van der Waals surface area contributed by atoms with Gasteiger partial charge in [-0.25, -0.2) is 4.79 Å². The number of amides is 2. The molecule has 0 saturated carbocycles. The third kappa shape index (κ3) is 4.44. The van der Waals surface area contributed by atoms with Crippen molar-refractivity contribution in [3.8, 4) is 0 Å². The Balaban J connectivity index is 1.59. The molecule has 2 amide bonds. The van der Waals surface area contributed by atoms with Gasteiger partial charge in [-0.3, -0.25) is 9.59 Å². The first kappa shape index (κ1) is 20.1. The van der Waals surface area contributed by atoms with Crippen LogP contribution in [0.25, 0.3) is 0 Å². The molecule has 1 N–H and O–H groups in total. The summed E-state index contributed by atoms with van der Waals surface area (Å²) in [5.41, 5.74) is 0.678. The SMILES string of the molecule is Cc1cc(NC(=O)c2ccco2)sc1C(=O)OCC(=O)N1C(C)CCCC1C. The van der Waals surface area contributed by atoms with E-state index in [0.29, 0.717) is 15.4 Å². The van der Waals surface area contributed by atoms with E-state index in [2.05, 4.69) is 5.32 Å². The zero-order valence-electron chi connectivity index (χ0n) is 16.2. The number of hydrogen-bond acceptors (Lipinski definition) is 6. The van der Waals surface area contributed by atoms with Crippen molar-refractivity contribution in [3.05, 3.63) is 40.7 Å². The zero-order chi connectivity index (χ0) is 20.3. The van der Waals surface area contributed by atoms with Crippen molar-refractivity contribution in [3.63, 3.8) is 0 Å². The lowest BCUT2D eigenvalue weighted by Gasteiger charge is -2.38. The van der Waals surface area contributed by atoms with Crippen LogP contribution in [-0.2, 0) is 9.53 Å². The molecular formula is C20H24N2O5S. The molecule has 28 heavy (non-hydrogen) atoms. The molecule has 150 valence electrons. The van der Waals surface area contributed by atoms with Gasteiger partial charge in [-0.15, -0.1) is 11.3 Å². The van der Waals surface area contributed by atoms with Gasteiger partial charge in [0.25, 0.3) is 11.8 Å². The van der Waals surface area contributed by atoms with Gasteiger partial charge in [0.05, 0.1) is 11.3 Å². The molecule has 3 heterocycles. The number of thiophene rings is 1. The molecule has 0 aliphatic carbocycles. The second-order valence-corrected chi connectivity index (χ2v) is 8.11. The predicted molar refractivity (Wildman–Crippen MR) is 106 cm³/mol. The maximum Gasteiger partial charge on any atom is 0.349 e. The van der Waals surface area contributed by atoms with Crippen molar-refractivity contribution < 1.29 is 23.5 Å². The summed E-state index contributed by atoms with van der Waals surface area (Å²) in [6.07, 6.45) is 4.45. The smallest absolute Gasteiger partial charge is 0.349 e. The van der Waals surface area contributed by atoms with E-state index >= 15 is 0 Å². The van der Waals surface area contributed by atoms with Crippen LogP contribution in [0.4, 0.5) is 5.00 Å². The van der Waals surface area contributed by atoms with Crippen molar-refractivity contribution in [2.45, 2.75) is 52.1 Å². The average Bonchev–Trinajstić information content (AvgIpc) is 3.29. The third-order valence-corrected chi connectivity index (χ3v) is 6.03. The first-order chi connectivity index (χ1) is 13.4. The summed E-state index contributed by atoms with van der Waals surface area (Å²) in [6, 6.07) is 5.18. The summed E-state index contributed by atoms with van der Waals surface area (Å²) < 4.78 is 10.3. The van der Waals surface area contributed by atoms with Gasteiger partial charge in [0.1, 0.15) is 4.88 Å². The van der Waals surface area contributed by atoms with Crippen molar-refractivity contribution in [1.29, 1.82) is 0 Å². The Morgan fingerprint density at radius 1 is 1.29 bits per heavy atom. The zero-order valence-corrected chi connectivity index (χ0v) is 17.0. The van der Waals surface area contributed by atoms with E-state index in [1.807, 2.05) is 18.7 Å². The minimum absolute atomic E-state index is 0.154. The lowest BCUT2D eigenvalue weighted by Crippen LogP contribution is -2.49. The van der Waals surface area contributed by atoms with Gasteiger partial charge in [-0.2, -0.15) is 0 Å². The molecular weight excluding hydrogens is 380 g/mol. The highest BCUT2D eigenvalue weighted by atomic mass is 32.1. The molecule has 0 spiro atoms. The molecule has 1 aliphatic rings. The molecule has 2 aromatic heterocycles. The van der Waals surface area contributed by atoms with Crippen LogP contribution < -0.4 is 5.32 Å². The van der Waals surface area contributed by atoms with Crippen LogP contribution in [0.15, 0.2) is 28.9 Å². The Morgan fingerprint density at radius 2 is 2.00 bits per heavy atom. The average molecular weight is 404 g/mol. The van der Waals surface area contributed by atoms with Crippen molar-refractivity contribution in [2.75, 3.05) is 11.9 Å². The first-order valence-corrected chi connectivity index (χ1v) is 10.1. The van der Waals surface area contributed by atoms with Gasteiger partial charge in [-0.05, 0) is 63.8 Å². The van der Waals surface area contributed by atoms with Crippen LogP contribution in [0.3, 0.4) is 0 Å². The van der Waals surface area contributed by atoms with E-state index in [9.17, 15) is 14.4 Å². The highest BCUT2D eigenvalue weighted by Gasteiger charge is 2.29. The standard InChI is InChI=1S/C20H24N2O5S/c1-12-10-16(21-19(24)15-8-5-9-26-15)28-18(12)20(25)27-11-17(23)22-13(2)6-4-7-14(22)3/h5,8-10,13-14H,4,6-7,11H2,1-3H3,(H,21,24). The van der Waals surface area contributed by atoms with Gasteiger partial charge < -0.3 is 19.4 Å². The number of aryl methyl sites for hydroxylation is 1. The molecule has 0 aromatic carbocycles. The first-order valence-electron chi connectivity index (χ1n) is 9.30. The van der Waals surface area contributed by atoms with Crippen LogP contribution in [0.1, 0.15) is 58.9 Å². The molecule has 0 bridgehead atoms. The number of nitrogens with zero attached hydrogens (tertiary/aromatic N) is 1. The Kier molecular flexibility index (Phi) is 6.18. The van der Waals surface area contributed by atoms with E-state index in [0.717, 1.165) is 30.6 Å². The summed E-state index contributed by atoms with van der Waals surface area (Å²) in [6.45, 7) is 5.52. The number of carbonyl (C=O) groups is 3. The summed E-state index contributed by atoms with van der Waals surface area (Å²) in [4.78, 5) is 39.2. The molecule has 7 nitrogen and oxygen atoms in total. The molecule has 0 radical (unpaired) electrons. The number of nitrogens with one attached hydrogen (secondary N) is 1. The van der Waals surface area contributed by atoms with Crippen LogP contribution >= 0.6 is 11.3 Å². The number of likely N-dealkylation sites (tertiary alicyclic amines) is 1. The molecule has 2 atom stereocenters. The van der Waals surface area contributed by atoms with Gasteiger partial charge in [0.15, 0.2) is 12.4 Å². The maximum absolute atomic E-state index is 12.5. The third-order valence-electron chi connectivity index (χ3n) is 4.89. The number of furan rings is 1. The molecule has 1 fully saturated rings. The van der Waals surface area contributed by atoms with E-state index in [1.54, 1.807) is 25.1 Å².